The van der Waals surface area contributed by atoms with E-state index in [1.165, 1.54) is 12.8 Å². The maximum absolute atomic E-state index is 11.6. The van der Waals surface area contributed by atoms with Crippen molar-refractivity contribution in [2.24, 2.45) is 0 Å². The second-order valence-electron chi connectivity index (χ2n) is 4.12. The van der Waals surface area contributed by atoms with Crippen molar-refractivity contribution < 1.29 is 21.9 Å². The van der Waals surface area contributed by atoms with E-state index >= 15 is 0 Å². The Hall–Kier alpha value is 0.439. The summed E-state index contributed by atoms with van der Waals surface area (Å²) in [4.78, 5) is 11.6. The molecule has 92 valence electrons. The van der Waals surface area contributed by atoms with Gasteiger partial charge in [-0.05, 0) is 32.6 Å². The first kappa shape index (κ1) is 17.8. The number of rotatable bonds is 4. The molecule has 0 aromatic carbocycles. The normalized spacial score (nSPS) is 24.9. The van der Waals surface area contributed by atoms with Crippen molar-refractivity contribution in [3.05, 3.63) is 0 Å². The molecular formula is C11H22ClFeNO. The molecule has 1 saturated heterocycles. The number of carbonyl (C=O) groups excluding carboxylic acids is 1. The van der Waals surface area contributed by atoms with Crippen molar-refractivity contribution in [2.75, 3.05) is 0 Å². The van der Waals surface area contributed by atoms with Crippen LogP contribution >= 0.6 is 12.4 Å². The van der Waals surface area contributed by atoms with E-state index in [9.17, 15) is 4.79 Å². The van der Waals surface area contributed by atoms with Crippen LogP contribution in [-0.4, -0.2) is 17.9 Å². The second kappa shape index (κ2) is 9.65. The number of carbonyl (C=O) groups is 1. The van der Waals surface area contributed by atoms with Gasteiger partial charge in [0.2, 0.25) is 0 Å². The fourth-order valence-electron chi connectivity index (χ4n) is 1.92. The molecule has 1 N–H and O–H groups in total. The third-order valence-electron chi connectivity index (χ3n) is 2.78. The molecule has 15 heavy (non-hydrogen) atoms. The minimum absolute atomic E-state index is 0. The van der Waals surface area contributed by atoms with Crippen molar-refractivity contribution in [1.29, 1.82) is 0 Å². The average Bonchev–Trinajstić information content (AvgIpc) is 2.14. The zero-order valence-corrected chi connectivity index (χ0v) is 11.5. The molecule has 0 spiro atoms. The Labute approximate surface area is 110 Å². The van der Waals surface area contributed by atoms with E-state index in [0.717, 1.165) is 25.7 Å². The van der Waals surface area contributed by atoms with Gasteiger partial charge in [-0.2, -0.15) is 0 Å². The van der Waals surface area contributed by atoms with Crippen molar-refractivity contribution in [3.63, 3.8) is 0 Å². The van der Waals surface area contributed by atoms with Crippen LogP contribution in [0.5, 0.6) is 0 Å². The standard InChI is InChI=1S/C11H21NO.ClH.Fe/c1-3-4-8-11(13)10-7-5-6-9(2)12-10;;/h9-10,12H,3-8H2,1-2H3;1H;. The molecule has 0 radical (unpaired) electrons. The van der Waals surface area contributed by atoms with Gasteiger partial charge in [0.1, 0.15) is 5.78 Å². The summed E-state index contributed by atoms with van der Waals surface area (Å²) < 4.78 is 0. The van der Waals surface area contributed by atoms with Gasteiger partial charge >= 0.3 is 0 Å². The summed E-state index contributed by atoms with van der Waals surface area (Å²) in [6.45, 7) is 4.30. The van der Waals surface area contributed by atoms with Crippen LogP contribution < -0.4 is 5.32 Å². The van der Waals surface area contributed by atoms with Crippen LogP contribution in [0.2, 0.25) is 0 Å². The molecule has 1 heterocycles. The first-order valence-electron chi connectivity index (χ1n) is 5.52. The number of nitrogens with one attached hydrogen (secondary N) is 1. The molecule has 0 saturated carbocycles. The number of hydrogen-bond donors (Lipinski definition) is 1. The average molecular weight is 276 g/mol. The molecule has 1 rings (SSSR count). The SMILES string of the molecule is CCCCC(=O)C1CCCC(C)N1.Cl.[Fe]. The summed E-state index contributed by atoms with van der Waals surface area (Å²) in [5.41, 5.74) is 0. The van der Waals surface area contributed by atoms with Crippen molar-refractivity contribution >= 4 is 18.2 Å². The van der Waals surface area contributed by atoms with E-state index in [4.69, 9.17) is 0 Å². The van der Waals surface area contributed by atoms with Gasteiger partial charge in [0.15, 0.2) is 0 Å². The van der Waals surface area contributed by atoms with E-state index in [1.807, 2.05) is 0 Å². The second-order valence-corrected chi connectivity index (χ2v) is 4.12. The Bertz CT molecular complexity index is 178. The monoisotopic (exact) mass is 275 g/mol. The Morgan fingerprint density at radius 2 is 2.07 bits per heavy atom. The summed E-state index contributed by atoms with van der Waals surface area (Å²) in [7, 11) is 0. The Balaban J connectivity index is 0. The van der Waals surface area contributed by atoms with Crippen molar-refractivity contribution in [3.8, 4) is 0 Å². The molecule has 1 aliphatic rings. The summed E-state index contributed by atoms with van der Waals surface area (Å²) in [5, 5.41) is 3.38. The largest absolute Gasteiger partial charge is 0.305 e. The van der Waals surface area contributed by atoms with Crippen LogP contribution in [0.4, 0.5) is 0 Å². The van der Waals surface area contributed by atoms with Crippen molar-refractivity contribution in [1.82, 2.24) is 5.32 Å². The molecule has 0 aromatic heterocycles. The summed E-state index contributed by atoms with van der Waals surface area (Å²) in [6, 6.07) is 0.694. The van der Waals surface area contributed by atoms with Gasteiger partial charge in [-0.1, -0.05) is 13.3 Å². The van der Waals surface area contributed by atoms with E-state index in [2.05, 4.69) is 19.2 Å². The minimum atomic E-state index is 0. The molecule has 2 atom stereocenters. The molecular weight excluding hydrogens is 253 g/mol. The third kappa shape index (κ3) is 6.57. The zero-order valence-electron chi connectivity index (χ0n) is 9.57. The molecule has 4 heteroatoms. The Kier molecular flexibility index (Phi) is 11.5. The van der Waals surface area contributed by atoms with Crippen LogP contribution in [0.1, 0.15) is 52.4 Å². The van der Waals surface area contributed by atoms with E-state index in [0.29, 0.717) is 11.8 Å². The Morgan fingerprint density at radius 1 is 1.40 bits per heavy atom. The number of halogens is 1. The van der Waals surface area contributed by atoms with Crippen LogP contribution in [0.3, 0.4) is 0 Å². The molecule has 2 nitrogen and oxygen atoms in total. The number of hydrogen-bond acceptors (Lipinski definition) is 2. The first-order chi connectivity index (χ1) is 6.24. The molecule has 0 bridgehead atoms. The summed E-state index contributed by atoms with van der Waals surface area (Å²) in [6.07, 6.45) is 6.40. The van der Waals surface area contributed by atoms with Crippen molar-refractivity contribution in [2.45, 2.75) is 64.5 Å². The third-order valence-corrected chi connectivity index (χ3v) is 2.78. The fraction of sp³-hybridized carbons (Fsp3) is 0.909. The van der Waals surface area contributed by atoms with Gasteiger partial charge in [-0.25, -0.2) is 0 Å². The molecule has 0 aromatic rings. The topological polar surface area (TPSA) is 29.1 Å². The maximum atomic E-state index is 11.6. The molecule has 1 fully saturated rings. The van der Waals surface area contributed by atoms with Gasteiger partial charge in [0.05, 0.1) is 6.04 Å². The summed E-state index contributed by atoms with van der Waals surface area (Å²) in [5.74, 6) is 0.424. The summed E-state index contributed by atoms with van der Waals surface area (Å²) >= 11 is 0. The number of unbranched alkanes of at least 4 members (excludes halogenated alkanes) is 1. The fourth-order valence-corrected chi connectivity index (χ4v) is 1.92. The first-order valence-corrected chi connectivity index (χ1v) is 5.52. The minimum Gasteiger partial charge on any atom is -0.305 e. The molecule has 0 aliphatic carbocycles. The smallest absolute Gasteiger partial charge is 0.149 e. The van der Waals surface area contributed by atoms with Crippen LogP contribution in [-0.2, 0) is 21.9 Å². The van der Waals surface area contributed by atoms with Crippen LogP contribution in [0.15, 0.2) is 0 Å². The van der Waals surface area contributed by atoms with Gasteiger partial charge < -0.3 is 5.32 Å². The predicted octanol–water partition coefficient (Wildman–Crippen LogP) is 2.70. The van der Waals surface area contributed by atoms with Crippen LogP contribution in [0, 0.1) is 0 Å². The number of Topliss-reactive ketones (excluding diaryl/α,β-unsaturated/α-hetero) is 1. The number of ketones is 1. The van der Waals surface area contributed by atoms with E-state index in [1.54, 1.807) is 0 Å². The predicted molar refractivity (Wildman–Crippen MR) is 62.0 cm³/mol. The maximum Gasteiger partial charge on any atom is 0.149 e. The van der Waals surface area contributed by atoms with E-state index in [-0.39, 0.29) is 35.5 Å². The zero-order chi connectivity index (χ0) is 9.68. The van der Waals surface area contributed by atoms with Gasteiger partial charge in [-0.3, -0.25) is 4.79 Å². The van der Waals surface area contributed by atoms with E-state index < -0.39 is 0 Å². The quantitative estimate of drug-likeness (QED) is 0.799. The molecule has 1 aliphatic heterocycles. The van der Waals surface area contributed by atoms with Gasteiger partial charge in [-0.15, -0.1) is 12.4 Å². The molecule has 0 amide bonds. The van der Waals surface area contributed by atoms with Gasteiger partial charge in [0.25, 0.3) is 0 Å². The van der Waals surface area contributed by atoms with Gasteiger partial charge in [0, 0.05) is 29.5 Å². The Morgan fingerprint density at radius 3 is 2.60 bits per heavy atom. The number of piperidine rings is 1. The van der Waals surface area contributed by atoms with Crippen LogP contribution in [0.25, 0.3) is 0 Å². The molecule has 2 unspecified atom stereocenters.